The first kappa shape index (κ1) is 11.3. The summed E-state index contributed by atoms with van der Waals surface area (Å²) in [6, 6.07) is -1.10. The molecule has 5 nitrogen and oxygen atoms in total. The van der Waals surface area contributed by atoms with Crippen molar-refractivity contribution in [1.82, 2.24) is 0 Å². The molecule has 80 valence electrons. The predicted octanol–water partition coefficient (Wildman–Crippen LogP) is -0.420. The first-order chi connectivity index (χ1) is 7.06. The smallest absolute Gasteiger partial charge is 0.320 e. The minimum Gasteiger partial charge on any atom is -0.480 e. The Morgan fingerprint density at radius 2 is 2.47 bits per heavy atom. The van der Waals surface area contributed by atoms with Gasteiger partial charge in [0.15, 0.2) is 0 Å². The predicted molar refractivity (Wildman–Crippen MR) is 52.3 cm³/mol. The minimum atomic E-state index is -1.22. The summed E-state index contributed by atoms with van der Waals surface area (Å²) in [6.45, 7) is 0. The van der Waals surface area contributed by atoms with E-state index in [9.17, 15) is 9.90 Å². The second kappa shape index (κ2) is 4.64. The SMILES string of the molecule is C#CC1=C(CC(N)C(=O)O)[C@H](O)OC=C1. The first-order valence-corrected chi connectivity index (χ1v) is 4.24. The van der Waals surface area contributed by atoms with Crippen LogP contribution in [0, 0.1) is 12.3 Å². The summed E-state index contributed by atoms with van der Waals surface area (Å²) in [5.41, 5.74) is 6.06. The summed E-state index contributed by atoms with van der Waals surface area (Å²) in [5.74, 6) is 1.18. The molecular weight excluding hydrogens is 198 g/mol. The molecule has 15 heavy (non-hydrogen) atoms. The number of carbonyl (C=O) groups is 1. The van der Waals surface area contributed by atoms with Gasteiger partial charge in [0.1, 0.15) is 6.04 Å². The van der Waals surface area contributed by atoms with E-state index in [1.54, 1.807) is 0 Å². The summed E-state index contributed by atoms with van der Waals surface area (Å²) >= 11 is 0. The molecule has 1 aliphatic heterocycles. The summed E-state index contributed by atoms with van der Waals surface area (Å²) in [5, 5.41) is 18.0. The van der Waals surface area contributed by atoms with Crippen LogP contribution >= 0.6 is 0 Å². The van der Waals surface area contributed by atoms with Gasteiger partial charge in [-0.15, -0.1) is 6.42 Å². The Morgan fingerprint density at radius 3 is 3.00 bits per heavy atom. The van der Waals surface area contributed by atoms with Crippen molar-refractivity contribution < 1.29 is 19.7 Å². The molecule has 2 atom stereocenters. The van der Waals surface area contributed by atoms with Gasteiger partial charge in [0.05, 0.1) is 6.26 Å². The Kier molecular flexibility index (Phi) is 3.50. The number of carboxylic acids is 1. The van der Waals surface area contributed by atoms with E-state index in [1.807, 2.05) is 0 Å². The topological polar surface area (TPSA) is 92.8 Å². The third-order valence-corrected chi connectivity index (χ3v) is 2.00. The lowest BCUT2D eigenvalue weighted by Crippen LogP contribution is -2.33. The summed E-state index contributed by atoms with van der Waals surface area (Å²) in [7, 11) is 0. The van der Waals surface area contributed by atoms with Crippen LogP contribution in [0.5, 0.6) is 0 Å². The Hall–Kier alpha value is -1.77. The van der Waals surface area contributed by atoms with Gasteiger partial charge in [-0.25, -0.2) is 0 Å². The number of hydrogen-bond acceptors (Lipinski definition) is 4. The van der Waals surface area contributed by atoms with E-state index in [4.69, 9.17) is 22.0 Å². The van der Waals surface area contributed by atoms with Gasteiger partial charge in [-0.05, 0) is 6.08 Å². The Balaban J connectivity index is 2.89. The average molecular weight is 209 g/mol. The number of terminal acetylenes is 1. The number of rotatable bonds is 3. The molecular formula is C10H11NO4. The van der Waals surface area contributed by atoms with Gasteiger partial charge < -0.3 is 20.7 Å². The number of carboxylic acid groups (broad SMARTS) is 1. The average Bonchev–Trinajstić information content (AvgIpc) is 2.20. The zero-order valence-electron chi connectivity index (χ0n) is 7.88. The van der Waals surface area contributed by atoms with Crippen molar-refractivity contribution in [2.45, 2.75) is 18.8 Å². The van der Waals surface area contributed by atoms with Crippen molar-refractivity contribution in [3.05, 3.63) is 23.5 Å². The van der Waals surface area contributed by atoms with Crippen molar-refractivity contribution in [2.24, 2.45) is 5.73 Å². The summed E-state index contributed by atoms with van der Waals surface area (Å²) in [6.07, 6.45) is 6.68. The molecule has 0 saturated carbocycles. The maximum atomic E-state index is 10.5. The summed E-state index contributed by atoms with van der Waals surface area (Å²) in [4.78, 5) is 10.5. The fourth-order valence-electron chi connectivity index (χ4n) is 1.18. The minimum absolute atomic E-state index is 0.0413. The van der Waals surface area contributed by atoms with E-state index in [2.05, 4.69) is 5.92 Å². The van der Waals surface area contributed by atoms with Crippen LogP contribution in [0.3, 0.4) is 0 Å². The Labute approximate surface area is 86.8 Å². The van der Waals surface area contributed by atoms with Gasteiger partial charge >= 0.3 is 5.97 Å². The number of hydrogen-bond donors (Lipinski definition) is 3. The van der Waals surface area contributed by atoms with Gasteiger partial charge in [0.2, 0.25) is 6.29 Å². The third kappa shape index (κ3) is 2.59. The lowest BCUT2D eigenvalue weighted by molar-refractivity contribution is -0.138. The highest BCUT2D eigenvalue weighted by Gasteiger charge is 2.23. The van der Waals surface area contributed by atoms with Gasteiger partial charge in [0.25, 0.3) is 0 Å². The largest absolute Gasteiger partial charge is 0.480 e. The number of allylic oxidation sites excluding steroid dienone is 2. The summed E-state index contributed by atoms with van der Waals surface area (Å²) < 4.78 is 4.78. The fraction of sp³-hybridized carbons (Fsp3) is 0.300. The zero-order valence-corrected chi connectivity index (χ0v) is 7.88. The molecule has 4 N–H and O–H groups in total. The van der Waals surface area contributed by atoms with Crippen molar-refractivity contribution in [3.8, 4) is 12.3 Å². The molecule has 0 fully saturated rings. The van der Waals surface area contributed by atoms with Crippen molar-refractivity contribution in [1.29, 1.82) is 0 Å². The van der Waals surface area contributed by atoms with E-state index in [0.717, 1.165) is 0 Å². The van der Waals surface area contributed by atoms with Crippen LogP contribution < -0.4 is 5.73 Å². The highest BCUT2D eigenvalue weighted by atomic mass is 16.6. The molecule has 0 aromatic carbocycles. The number of aliphatic carboxylic acids is 1. The highest BCUT2D eigenvalue weighted by Crippen LogP contribution is 2.21. The van der Waals surface area contributed by atoms with Crippen LogP contribution in [0.2, 0.25) is 0 Å². The molecule has 1 unspecified atom stereocenters. The number of aliphatic hydroxyl groups is 1. The van der Waals surface area contributed by atoms with Crippen LogP contribution in [0.25, 0.3) is 0 Å². The molecule has 1 aliphatic rings. The maximum Gasteiger partial charge on any atom is 0.320 e. The van der Waals surface area contributed by atoms with Crippen molar-refractivity contribution in [3.63, 3.8) is 0 Å². The molecule has 0 aromatic heterocycles. The van der Waals surface area contributed by atoms with E-state index in [0.29, 0.717) is 11.1 Å². The van der Waals surface area contributed by atoms with Crippen LogP contribution in [0.1, 0.15) is 6.42 Å². The number of nitrogens with two attached hydrogens (primary N) is 1. The molecule has 0 saturated heterocycles. The first-order valence-electron chi connectivity index (χ1n) is 4.24. The normalized spacial score (nSPS) is 21.8. The maximum absolute atomic E-state index is 10.5. The number of aliphatic hydroxyl groups excluding tert-OH is 1. The second-order valence-electron chi connectivity index (χ2n) is 3.02. The van der Waals surface area contributed by atoms with E-state index in [-0.39, 0.29) is 6.42 Å². The fourth-order valence-corrected chi connectivity index (χ4v) is 1.18. The molecule has 0 radical (unpaired) electrons. The molecule has 0 aliphatic carbocycles. The zero-order chi connectivity index (χ0) is 11.4. The third-order valence-electron chi connectivity index (χ3n) is 2.00. The molecule has 5 heteroatoms. The highest BCUT2D eigenvalue weighted by molar-refractivity contribution is 5.73. The van der Waals surface area contributed by atoms with E-state index >= 15 is 0 Å². The van der Waals surface area contributed by atoms with Crippen LogP contribution in [-0.2, 0) is 9.53 Å². The molecule has 1 heterocycles. The van der Waals surface area contributed by atoms with Gasteiger partial charge in [-0.3, -0.25) is 4.79 Å². The molecule has 0 spiro atoms. The van der Waals surface area contributed by atoms with Gasteiger partial charge in [0, 0.05) is 17.6 Å². The Bertz CT molecular complexity index is 364. The Morgan fingerprint density at radius 1 is 1.80 bits per heavy atom. The van der Waals surface area contributed by atoms with Crippen molar-refractivity contribution in [2.75, 3.05) is 0 Å². The quantitative estimate of drug-likeness (QED) is 0.549. The number of ether oxygens (including phenoxy) is 1. The lowest BCUT2D eigenvalue weighted by Gasteiger charge is -2.20. The molecule has 0 bridgehead atoms. The van der Waals surface area contributed by atoms with Crippen LogP contribution in [0.4, 0.5) is 0 Å². The van der Waals surface area contributed by atoms with Gasteiger partial charge in [-0.1, -0.05) is 5.92 Å². The van der Waals surface area contributed by atoms with Crippen molar-refractivity contribution >= 4 is 5.97 Å². The van der Waals surface area contributed by atoms with E-state index in [1.165, 1.54) is 12.3 Å². The van der Waals surface area contributed by atoms with E-state index < -0.39 is 18.3 Å². The second-order valence-corrected chi connectivity index (χ2v) is 3.02. The standard InChI is InChI=1S/C10H11NO4/c1-2-6-3-4-15-10(14)7(6)5-8(11)9(12)13/h1,3-4,8,10,14H,5,11H2,(H,12,13)/t8?,10-/m1/s1. The van der Waals surface area contributed by atoms with Gasteiger partial charge in [-0.2, -0.15) is 0 Å². The van der Waals surface area contributed by atoms with Crippen LogP contribution in [0.15, 0.2) is 23.5 Å². The monoisotopic (exact) mass is 209 g/mol. The molecule has 0 aromatic rings. The lowest BCUT2D eigenvalue weighted by atomic mass is 9.99. The van der Waals surface area contributed by atoms with Crippen LogP contribution in [-0.4, -0.2) is 28.5 Å². The molecule has 1 rings (SSSR count). The molecule has 0 amide bonds.